The van der Waals surface area contributed by atoms with E-state index < -0.39 is 16.4 Å². The van der Waals surface area contributed by atoms with Crippen molar-refractivity contribution in [2.45, 2.75) is 89.3 Å². The maximum Gasteiger partial charge on any atom is 0.192 e. The Kier molecular flexibility index (Phi) is 6.47. The van der Waals surface area contributed by atoms with Gasteiger partial charge in [-0.1, -0.05) is 58.6 Å². The molecule has 0 aromatic carbocycles. The summed E-state index contributed by atoms with van der Waals surface area (Å²) in [7, 11) is -3.02. The Morgan fingerprint density at radius 1 is 1.14 bits per heavy atom. The van der Waals surface area contributed by atoms with E-state index in [9.17, 15) is 0 Å². The van der Waals surface area contributed by atoms with Crippen molar-refractivity contribution < 1.29 is 9.16 Å². The van der Waals surface area contributed by atoms with Crippen LogP contribution < -0.4 is 0 Å². The van der Waals surface area contributed by atoms with Gasteiger partial charge in [0.15, 0.2) is 8.32 Å². The first-order valence-corrected chi connectivity index (χ1v) is 15.0. The molecule has 1 fully saturated rings. The van der Waals surface area contributed by atoms with Crippen LogP contribution in [0.1, 0.15) is 33.6 Å². The van der Waals surface area contributed by atoms with Crippen molar-refractivity contribution in [3.63, 3.8) is 0 Å². The summed E-state index contributed by atoms with van der Waals surface area (Å²) in [5.74, 6) is 0. The van der Waals surface area contributed by atoms with Crippen molar-refractivity contribution in [2.24, 2.45) is 0 Å². The third kappa shape index (κ3) is 5.48. The highest BCUT2D eigenvalue weighted by atomic mass is 28.4. The van der Waals surface area contributed by atoms with Gasteiger partial charge in [0.2, 0.25) is 0 Å². The molecule has 1 aliphatic rings. The Morgan fingerprint density at radius 3 is 2.14 bits per heavy atom. The van der Waals surface area contributed by atoms with E-state index in [1.54, 1.807) is 0 Å². The average Bonchev–Trinajstić information content (AvgIpc) is 3.11. The highest BCUT2D eigenvalue weighted by molar-refractivity contribution is 6.78. The van der Waals surface area contributed by atoms with Crippen molar-refractivity contribution in [2.75, 3.05) is 0 Å². The van der Waals surface area contributed by atoms with Crippen molar-refractivity contribution in [3.05, 3.63) is 24.8 Å². The Bertz CT molecular complexity index is 402. The Hall–Kier alpha value is -0.166. The highest BCUT2D eigenvalue weighted by Gasteiger charge is 2.54. The van der Waals surface area contributed by atoms with Gasteiger partial charge in [-0.15, -0.1) is 6.58 Å². The van der Waals surface area contributed by atoms with Crippen LogP contribution in [0.4, 0.5) is 0 Å². The van der Waals surface area contributed by atoms with Crippen LogP contribution in [0.25, 0.3) is 0 Å². The summed E-state index contributed by atoms with van der Waals surface area (Å²) in [6.45, 7) is 22.5. The molecule has 0 saturated carbocycles. The van der Waals surface area contributed by atoms with Gasteiger partial charge in [0.25, 0.3) is 0 Å². The fourth-order valence-electron chi connectivity index (χ4n) is 2.33. The first-order valence-electron chi connectivity index (χ1n) is 8.49. The predicted molar refractivity (Wildman–Crippen MR) is 103 cm³/mol. The smallest absolute Gasteiger partial charge is 0.192 e. The fourth-order valence-corrected chi connectivity index (χ4v) is 5.44. The number of hydrogen-bond donors (Lipinski definition) is 0. The summed E-state index contributed by atoms with van der Waals surface area (Å²) >= 11 is 0. The van der Waals surface area contributed by atoms with E-state index in [0.29, 0.717) is 11.8 Å². The summed E-state index contributed by atoms with van der Waals surface area (Å²) in [5.41, 5.74) is 0.454. The quantitative estimate of drug-likeness (QED) is 0.328. The second-order valence-electron chi connectivity index (χ2n) is 9.04. The zero-order valence-corrected chi connectivity index (χ0v) is 17.9. The SMILES string of the molecule is C=CC/C=C\C[C@H](O[Si](C)(C)C(C)(C)C)[C@@H]1O[C@H]1[Si](C)(C)C. The Balaban J connectivity index is 2.78. The highest BCUT2D eigenvalue weighted by Crippen LogP contribution is 2.42. The molecule has 0 aromatic rings. The molecule has 1 heterocycles. The standard InChI is InChI=1S/C18H36O2Si2/c1-10-11-12-13-14-15(16-17(19-16)21(5,6)7)20-22(8,9)18(2,3)4/h10,12-13,15-17H,1,11,14H2,2-9H3/b13-12-/t15-,16-,17-/m0/s1. The van der Waals surface area contributed by atoms with E-state index in [0.717, 1.165) is 12.8 Å². The van der Waals surface area contributed by atoms with Gasteiger partial charge < -0.3 is 9.16 Å². The number of hydrogen-bond acceptors (Lipinski definition) is 2. The zero-order chi connectivity index (χ0) is 17.2. The van der Waals surface area contributed by atoms with Crippen molar-refractivity contribution in [3.8, 4) is 0 Å². The molecular formula is C18H36O2Si2. The van der Waals surface area contributed by atoms with E-state index in [1.807, 2.05) is 6.08 Å². The molecule has 0 bridgehead atoms. The van der Waals surface area contributed by atoms with Crippen LogP contribution in [0.15, 0.2) is 24.8 Å². The summed E-state index contributed by atoms with van der Waals surface area (Å²) < 4.78 is 12.8. The van der Waals surface area contributed by atoms with E-state index >= 15 is 0 Å². The molecule has 1 rings (SSSR count). The van der Waals surface area contributed by atoms with Crippen LogP contribution in [-0.4, -0.2) is 34.3 Å². The molecular weight excluding hydrogens is 304 g/mol. The molecule has 0 spiro atoms. The minimum atomic E-state index is -1.77. The molecule has 0 aromatic heterocycles. The average molecular weight is 341 g/mol. The maximum absolute atomic E-state index is 6.69. The van der Waals surface area contributed by atoms with Crippen molar-refractivity contribution in [1.82, 2.24) is 0 Å². The first-order chi connectivity index (χ1) is 9.90. The third-order valence-corrected chi connectivity index (χ3v) is 11.5. The molecule has 0 radical (unpaired) electrons. The number of epoxide rings is 1. The van der Waals surface area contributed by atoms with Crippen LogP contribution in [0.2, 0.25) is 37.8 Å². The summed E-state index contributed by atoms with van der Waals surface area (Å²) in [4.78, 5) is 0. The lowest BCUT2D eigenvalue weighted by molar-refractivity contribution is 0.145. The third-order valence-electron chi connectivity index (χ3n) is 4.84. The molecule has 128 valence electrons. The summed E-state index contributed by atoms with van der Waals surface area (Å²) in [5, 5.41) is 0.236. The van der Waals surface area contributed by atoms with Crippen molar-refractivity contribution >= 4 is 16.4 Å². The molecule has 1 saturated heterocycles. The van der Waals surface area contributed by atoms with E-state index in [-0.39, 0.29) is 11.1 Å². The van der Waals surface area contributed by atoms with Gasteiger partial charge in [-0.25, -0.2) is 0 Å². The van der Waals surface area contributed by atoms with E-state index in [2.05, 4.69) is 72.2 Å². The maximum atomic E-state index is 6.69. The van der Waals surface area contributed by atoms with Crippen molar-refractivity contribution in [1.29, 1.82) is 0 Å². The van der Waals surface area contributed by atoms with Gasteiger partial charge >= 0.3 is 0 Å². The Morgan fingerprint density at radius 2 is 1.73 bits per heavy atom. The van der Waals surface area contributed by atoms with Crippen LogP contribution in [0.3, 0.4) is 0 Å². The monoisotopic (exact) mass is 340 g/mol. The number of allylic oxidation sites excluding steroid dienone is 2. The van der Waals surface area contributed by atoms with Crippen LogP contribution in [0, 0.1) is 0 Å². The van der Waals surface area contributed by atoms with E-state index in [4.69, 9.17) is 9.16 Å². The first kappa shape index (κ1) is 19.9. The van der Waals surface area contributed by atoms with Gasteiger partial charge in [0.05, 0.1) is 19.9 Å². The Labute approximate surface area is 140 Å². The molecule has 0 unspecified atom stereocenters. The normalized spacial score (nSPS) is 24.5. The lowest BCUT2D eigenvalue weighted by Gasteiger charge is -2.39. The van der Waals surface area contributed by atoms with Gasteiger partial charge in [0.1, 0.15) is 6.10 Å². The van der Waals surface area contributed by atoms with Gasteiger partial charge in [-0.3, -0.25) is 0 Å². The minimum absolute atomic E-state index is 0.207. The van der Waals surface area contributed by atoms with Crippen LogP contribution >= 0.6 is 0 Å². The lowest BCUT2D eigenvalue weighted by Crippen LogP contribution is -2.46. The number of ether oxygens (including phenoxy) is 1. The largest absolute Gasteiger partial charge is 0.411 e. The van der Waals surface area contributed by atoms with Gasteiger partial charge in [0, 0.05) is 0 Å². The van der Waals surface area contributed by atoms with Crippen LogP contribution in [-0.2, 0) is 9.16 Å². The predicted octanol–water partition coefficient (Wildman–Crippen LogP) is 5.54. The van der Waals surface area contributed by atoms with Gasteiger partial charge in [-0.05, 0) is 31.0 Å². The number of rotatable bonds is 8. The molecule has 0 aliphatic carbocycles. The minimum Gasteiger partial charge on any atom is -0.411 e. The lowest BCUT2D eigenvalue weighted by atomic mass is 10.2. The molecule has 1 aliphatic heterocycles. The molecule has 2 nitrogen and oxygen atoms in total. The van der Waals surface area contributed by atoms with Gasteiger partial charge in [-0.2, -0.15) is 0 Å². The second kappa shape index (κ2) is 7.16. The topological polar surface area (TPSA) is 21.8 Å². The summed E-state index contributed by atoms with van der Waals surface area (Å²) in [6, 6.07) is 0. The van der Waals surface area contributed by atoms with Crippen LogP contribution in [0.5, 0.6) is 0 Å². The molecule has 22 heavy (non-hydrogen) atoms. The van der Waals surface area contributed by atoms with E-state index in [1.165, 1.54) is 0 Å². The zero-order valence-electron chi connectivity index (χ0n) is 15.9. The molecule has 4 heteroatoms. The fraction of sp³-hybridized carbons (Fsp3) is 0.778. The summed E-state index contributed by atoms with van der Waals surface area (Å²) in [6.07, 6.45) is 8.73. The molecule has 0 amide bonds. The molecule has 3 atom stereocenters. The second-order valence-corrected chi connectivity index (χ2v) is 19.1. The molecule has 0 N–H and O–H groups in total.